The lowest BCUT2D eigenvalue weighted by molar-refractivity contribution is -0.103. The average Bonchev–Trinajstić information content (AvgIpc) is 3.12. The third-order valence-electron chi connectivity index (χ3n) is 4.41. The molecule has 3 heterocycles. The summed E-state index contributed by atoms with van der Waals surface area (Å²) in [4.78, 5) is 4.36. The first-order valence-corrected chi connectivity index (χ1v) is 7.63. The molecule has 1 spiro atoms. The zero-order chi connectivity index (χ0) is 13.8. The Kier molecular flexibility index (Phi) is 4.33. The number of H-pyrrole nitrogens is 1. The summed E-state index contributed by atoms with van der Waals surface area (Å²) in [6, 6.07) is 0.235. The molecule has 20 heavy (non-hydrogen) atoms. The van der Waals surface area contributed by atoms with Gasteiger partial charge >= 0.3 is 0 Å². The second-order valence-corrected chi connectivity index (χ2v) is 5.89. The van der Waals surface area contributed by atoms with Crippen LogP contribution in [-0.4, -0.2) is 47.1 Å². The van der Waals surface area contributed by atoms with Crippen molar-refractivity contribution in [1.29, 1.82) is 0 Å². The molecule has 2 saturated heterocycles. The summed E-state index contributed by atoms with van der Waals surface area (Å²) in [5.41, 5.74) is -0.0604. The van der Waals surface area contributed by atoms with Crippen LogP contribution in [0, 0.1) is 5.92 Å². The summed E-state index contributed by atoms with van der Waals surface area (Å²) < 4.78 is 11.6. The van der Waals surface area contributed by atoms with Crippen LogP contribution in [0.4, 0.5) is 0 Å². The molecule has 3 rings (SSSR count). The van der Waals surface area contributed by atoms with Crippen molar-refractivity contribution in [2.24, 2.45) is 5.92 Å². The molecule has 2 fully saturated rings. The highest BCUT2D eigenvalue weighted by atomic mass is 16.6. The van der Waals surface area contributed by atoms with Crippen molar-refractivity contribution in [1.82, 2.24) is 20.5 Å². The number of nitrogens with zero attached hydrogens (tertiary/aromatic N) is 2. The van der Waals surface area contributed by atoms with Gasteiger partial charge in [0.2, 0.25) is 0 Å². The fourth-order valence-electron chi connectivity index (χ4n) is 3.36. The molecule has 2 N–H and O–H groups in total. The van der Waals surface area contributed by atoms with Gasteiger partial charge in [-0.05, 0) is 31.7 Å². The SMILES string of the molecule is CCCNC(c1ncn[nH]1)C1CCOC2(CCOC2)C1. The number of hydrogen-bond acceptors (Lipinski definition) is 5. The van der Waals surface area contributed by atoms with E-state index in [1.54, 1.807) is 6.33 Å². The molecule has 0 saturated carbocycles. The van der Waals surface area contributed by atoms with Crippen LogP contribution in [0.5, 0.6) is 0 Å². The van der Waals surface area contributed by atoms with Crippen molar-refractivity contribution in [2.45, 2.75) is 44.2 Å². The van der Waals surface area contributed by atoms with E-state index in [4.69, 9.17) is 9.47 Å². The molecular weight excluding hydrogens is 256 g/mol. The van der Waals surface area contributed by atoms with E-state index < -0.39 is 0 Å². The van der Waals surface area contributed by atoms with E-state index in [1.165, 1.54) is 0 Å². The molecule has 6 nitrogen and oxygen atoms in total. The minimum Gasteiger partial charge on any atom is -0.378 e. The first-order valence-electron chi connectivity index (χ1n) is 7.63. The average molecular weight is 280 g/mol. The van der Waals surface area contributed by atoms with Gasteiger partial charge in [0.15, 0.2) is 0 Å². The molecule has 1 aromatic heterocycles. The molecule has 6 heteroatoms. The van der Waals surface area contributed by atoms with Crippen LogP contribution in [0.15, 0.2) is 6.33 Å². The molecule has 112 valence electrons. The number of aromatic nitrogens is 3. The van der Waals surface area contributed by atoms with Gasteiger partial charge in [-0.15, -0.1) is 0 Å². The van der Waals surface area contributed by atoms with Gasteiger partial charge in [0.1, 0.15) is 12.2 Å². The van der Waals surface area contributed by atoms with Crippen LogP contribution in [0.1, 0.15) is 44.5 Å². The second-order valence-electron chi connectivity index (χ2n) is 5.89. The van der Waals surface area contributed by atoms with Gasteiger partial charge < -0.3 is 14.8 Å². The van der Waals surface area contributed by atoms with E-state index in [0.29, 0.717) is 5.92 Å². The molecule has 0 radical (unpaired) electrons. The zero-order valence-corrected chi connectivity index (χ0v) is 12.1. The Balaban J connectivity index is 1.72. The summed E-state index contributed by atoms with van der Waals surface area (Å²) in [5.74, 6) is 1.46. The second kappa shape index (κ2) is 6.20. The van der Waals surface area contributed by atoms with Gasteiger partial charge in [0.05, 0.1) is 18.2 Å². The highest BCUT2D eigenvalue weighted by Crippen LogP contribution is 2.40. The van der Waals surface area contributed by atoms with Crippen molar-refractivity contribution >= 4 is 0 Å². The molecule has 0 bridgehead atoms. The number of hydrogen-bond donors (Lipinski definition) is 2. The van der Waals surface area contributed by atoms with Crippen LogP contribution in [0.25, 0.3) is 0 Å². The van der Waals surface area contributed by atoms with Crippen molar-refractivity contribution < 1.29 is 9.47 Å². The number of aromatic amines is 1. The van der Waals surface area contributed by atoms with Crippen molar-refractivity contribution in [3.8, 4) is 0 Å². The Bertz CT molecular complexity index is 403. The summed E-state index contributed by atoms with van der Waals surface area (Å²) in [6.07, 6.45) is 5.81. The number of nitrogens with one attached hydrogen (secondary N) is 2. The molecule has 3 unspecified atom stereocenters. The fraction of sp³-hybridized carbons (Fsp3) is 0.857. The van der Waals surface area contributed by atoms with E-state index in [-0.39, 0.29) is 11.6 Å². The van der Waals surface area contributed by atoms with Gasteiger partial charge in [0, 0.05) is 19.6 Å². The maximum atomic E-state index is 6.03. The van der Waals surface area contributed by atoms with Crippen molar-refractivity contribution in [2.75, 3.05) is 26.4 Å². The quantitative estimate of drug-likeness (QED) is 0.853. The topological polar surface area (TPSA) is 72.1 Å². The third-order valence-corrected chi connectivity index (χ3v) is 4.41. The maximum Gasteiger partial charge on any atom is 0.141 e. The highest BCUT2D eigenvalue weighted by molar-refractivity contribution is 5.00. The van der Waals surface area contributed by atoms with E-state index in [2.05, 4.69) is 27.4 Å². The van der Waals surface area contributed by atoms with Gasteiger partial charge in [-0.25, -0.2) is 4.98 Å². The monoisotopic (exact) mass is 280 g/mol. The molecule has 2 aliphatic rings. The third kappa shape index (κ3) is 2.87. The minimum absolute atomic E-state index is 0.0604. The van der Waals surface area contributed by atoms with Crippen molar-refractivity contribution in [3.05, 3.63) is 12.2 Å². The molecular formula is C14H24N4O2. The Morgan fingerprint density at radius 3 is 3.20 bits per heavy atom. The molecule has 0 aliphatic carbocycles. The zero-order valence-electron chi connectivity index (χ0n) is 12.1. The van der Waals surface area contributed by atoms with Gasteiger partial charge in [-0.2, -0.15) is 5.10 Å². The van der Waals surface area contributed by atoms with E-state index >= 15 is 0 Å². The lowest BCUT2D eigenvalue weighted by atomic mass is 9.81. The van der Waals surface area contributed by atoms with E-state index in [1.807, 2.05) is 0 Å². The minimum atomic E-state index is -0.0604. The fourth-order valence-corrected chi connectivity index (χ4v) is 3.36. The smallest absolute Gasteiger partial charge is 0.141 e. The lowest BCUT2D eigenvalue weighted by Crippen LogP contribution is -2.44. The Morgan fingerprint density at radius 2 is 2.50 bits per heavy atom. The predicted molar refractivity (Wildman–Crippen MR) is 74.3 cm³/mol. The molecule has 0 amide bonds. The number of rotatable bonds is 5. The molecule has 1 aromatic rings. The van der Waals surface area contributed by atoms with Crippen LogP contribution in [-0.2, 0) is 9.47 Å². The molecule has 0 aromatic carbocycles. The van der Waals surface area contributed by atoms with Crippen LogP contribution < -0.4 is 5.32 Å². The Morgan fingerprint density at radius 1 is 1.55 bits per heavy atom. The molecule has 3 atom stereocenters. The highest BCUT2D eigenvalue weighted by Gasteiger charge is 2.43. The summed E-state index contributed by atoms with van der Waals surface area (Å²) in [5, 5.41) is 10.6. The molecule has 2 aliphatic heterocycles. The predicted octanol–water partition coefficient (Wildman–Crippen LogP) is 1.43. The Labute approximate surface area is 119 Å². The van der Waals surface area contributed by atoms with Gasteiger partial charge in [-0.3, -0.25) is 5.10 Å². The first-order chi connectivity index (χ1) is 9.83. The maximum absolute atomic E-state index is 6.03. The van der Waals surface area contributed by atoms with Gasteiger partial charge in [0.25, 0.3) is 0 Å². The lowest BCUT2D eigenvalue weighted by Gasteiger charge is -2.40. The largest absolute Gasteiger partial charge is 0.378 e. The van der Waals surface area contributed by atoms with Crippen LogP contribution in [0.3, 0.4) is 0 Å². The first kappa shape index (κ1) is 14.0. The summed E-state index contributed by atoms with van der Waals surface area (Å²) in [6.45, 7) is 5.54. The standard InChI is InChI=1S/C14H24N4O2/c1-2-5-15-12(13-16-10-17-18-13)11-3-6-20-14(8-11)4-7-19-9-14/h10-12,15H,2-9H2,1H3,(H,16,17,18). The Hall–Kier alpha value is -0.980. The normalized spacial score (nSPS) is 31.8. The van der Waals surface area contributed by atoms with E-state index in [9.17, 15) is 0 Å². The van der Waals surface area contributed by atoms with Crippen molar-refractivity contribution in [3.63, 3.8) is 0 Å². The van der Waals surface area contributed by atoms with Gasteiger partial charge in [-0.1, -0.05) is 6.92 Å². The van der Waals surface area contributed by atoms with Crippen LogP contribution in [0.2, 0.25) is 0 Å². The van der Waals surface area contributed by atoms with Crippen LogP contribution >= 0.6 is 0 Å². The summed E-state index contributed by atoms with van der Waals surface area (Å²) >= 11 is 0. The summed E-state index contributed by atoms with van der Waals surface area (Å²) in [7, 11) is 0. The number of ether oxygens (including phenoxy) is 2. The van der Waals surface area contributed by atoms with E-state index in [0.717, 1.165) is 57.9 Å².